The first-order chi connectivity index (χ1) is 12.1. The predicted molar refractivity (Wildman–Crippen MR) is 99.6 cm³/mol. The molecule has 0 saturated carbocycles. The van der Waals surface area contributed by atoms with Crippen molar-refractivity contribution in [2.75, 3.05) is 26.7 Å². The topological polar surface area (TPSA) is 61.8 Å². The summed E-state index contributed by atoms with van der Waals surface area (Å²) in [7, 11) is 1.59. The van der Waals surface area contributed by atoms with Crippen LogP contribution in [-0.4, -0.2) is 42.7 Å². The molecule has 0 spiro atoms. The van der Waals surface area contributed by atoms with E-state index in [1.165, 1.54) is 0 Å². The molecule has 0 unspecified atom stereocenters. The van der Waals surface area contributed by atoms with Crippen molar-refractivity contribution in [3.8, 4) is 11.5 Å². The van der Waals surface area contributed by atoms with Crippen molar-refractivity contribution < 1.29 is 14.6 Å². The second kappa shape index (κ2) is 9.47. The minimum Gasteiger partial charge on any atom is -0.507 e. The number of methoxy groups -OCH3 is 1. The molecule has 1 aliphatic rings. The van der Waals surface area contributed by atoms with Crippen LogP contribution in [-0.2, 0) is 11.3 Å². The monoisotopic (exact) mass is 346 g/mol. The summed E-state index contributed by atoms with van der Waals surface area (Å²) >= 11 is 0. The van der Waals surface area contributed by atoms with Gasteiger partial charge in [-0.1, -0.05) is 25.5 Å². The molecular formula is C20H30N2O3. The van der Waals surface area contributed by atoms with Gasteiger partial charge >= 0.3 is 0 Å². The van der Waals surface area contributed by atoms with Crippen LogP contribution in [0.4, 0.5) is 0 Å². The molecule has 5 heteroatoms. The van der Waals surface area contributed by atoms with Gasteiger partial charge in [-0.3, -0.25) is 9.69 Å². The van der Waals surface area contributed by atoms with Crippen LogP contribution in [0.1, 0.15) is 31.7 Å². The Hall–Kier alpha value is -2.01. The van der Waals surface area contributed by atoms with E-state index in [9.17, 15) is 9.90 Å². The Kier molecular flexibility index (Phi) is 7.31. The van der Waals surface area contributed by atoms with Gasteiger partial charge in [0.1, 0.15) is 11.5 Å². The molecule has 1 heterocycles. The van der Waals surface area contributed by atoms with Crippen molar-refractivity contribution in [2.24, 2.45) is 11.8 Å². The molecule has 0 radical (unpaired) electrons. The summed E-state index contributed by atoms with van der Waals surface area (Å²) in [4.78, 5) is 14.4. The number of ether oxygens (including phenoxy) is 1. The van der Waals surface area contributed by atoms with Crippen LogP contribution < -0.4 is 10.1 Å². The summed E-state index contributed by atoms with van der Waals surface area (Å²) in [6.45, 7) is 8.98. The van der Waals surface area contributed by atoms with Gasteiger partial charge in [0, 0.05) is 37.7 Å². The number of aromatic hydroxyl groups is 1. The third-order valence-corrected chi connectivity index (χ3v) is 5.08. The summed E-state index contributed by atoms with van der Waals surface area (Å²) in [5.41, 5.74) is 0.915. The van der Waals surface area contributed by atoms with E-state index in [4.69, 9.17) is 4.74 Å². The van der Waals surface area contributed by atoms with Crippen LogP contribution in [0.5, 0.6) is 11.5 Å². The van der Waals surface area contributed by atoms with Gasteiger partial charge in [-0.2, -0.15) is 0 Å². The summed E-state index contributed by atoms with van der Waals surface area (Å²) in [5.74, 6) is 1.99. The number of hydrogen-bond acceptors (Lipinski definition) is 4. The minimum absolute atomic E-state index is 0.115. The maximum atomic E-state index is 12.0. The first-order valence-electron chi connectivity index (χ1n) is 9.03. The van der Waals surface area contributed by atoms with Gasteiger partial charge < -0.3 is 15.2 Å². The van der Waals surface area contributed by atoms with Gasteiger partial charge in [0.2, 0.25) is 5.91 Å². The molecule has 5 nitrogen and oxygen atoms in total. The number of likely N-dealkylation sites (tertiary alicyclic amines) is 1. The van der Waals surface area contributed by atoms with Gasteiger partial charge in [0.25, 0.3) is 0 Å². The standard InChI is InChI=1S/C20H30N2O3/c1-4-9-21-20(24)11-16-8-10-22(13-15(16)5-2)14-17-6-7-18(25-3)12-19(17)23/h4,6-7,12,15-16,23H,1,5,8-11,13-14H2,2-3H3,(H,21,24)/t15-,16+/m1/s1. The average molecular weight is 346 g/mol. The number of phenols is 1. The second-order valence-corrected chi connectivity index (χ2v) is 6.74. The fourth-order valence-electron chi connectivity index (χ4n) is 3.57. The second-order valence-electron chi connectivity index (χ2n) is 6.74. The summed E-state index contributed by atoms with van der Waals surface area (Å²) in [6.07, 6.45) is 4.37. The molecule has 138 valence electrons. The van der Waals surface area contributed by atoms with Crippen LogP contribution in [0.3, 0.4) is 0 Å². The number of piperidine rings is 1. The SMILES string of the molecule is C=CCNC(=O)C[C@@H]1CCN(Cc2ccc(OC)cc2O)C[C@H]1CC. The lowest BCUT2D eigenvalue weighted by molar-refractivity contribution is -0.122. The van der Waals surface area contributed by atoms with Gasteiger partial charge in [0.05, 0.1) is 7.11 Å². The van der Waals surface area contributed by atoms with Gasteiger partial charge in [-0.25, -0.2) is 0 Å². The third-order valence-electron chi connectivity index (χ3n) is 5.08. The van der Waals surface area contributed by atoms with E-state index in [2.05, 4.69) is 23.7 Å². The number of hydrogen-bond donors (Lipinski definition) is 2. The van der Waals surface area contributed by atoms with Crippen LogP contribution in [0.15, 0.2) is 30.9 Å². The Morgan fingerprint density at radius 2 is 2.28 bits per heavy atom. The molecule has 1 amide bonds. The zero-order valence-electron chi connectivity index (χ0n) is 15.3. The highest BCUT2D eigenvalue weighted by atomic mass is 16.5. The molecule has 1 aromatic rings. The van der Waals surface area contributed by atoms with E-state index in [-0.39, 0.29) is 11.7 Å². The van der Waals surface area contributed by atoms with Crippen molar-refractivity contribution in [1.82, 2.24) is 10.2 Å². The maximum Gasteiger partial charge on any atom is 0.220 e. The number of carbonyl (C=O) groups excluding carboxylic acids is 1. The van der Waals surface area contributed by atoms with E-state index >= 15 is 0 Å². The predicted octanol–water partition coefficient (Wildman–Crippen LogP) is 2.94. The normalized spacial score (nSPS) is 20.9. The molecular weight excluding hydrogens is 316 g/mol. The number of amides is 1. The van der Waals surface area contributed by atoms with Crippen LogP contribution in [0, 0.1) is 11.8 Å². The molecule has 0 aromatic heterocycles. The number of rotatable bonds is 8. The minimum atomic E-state index is 0.115. The fourth-order valence-corrected chi connectivity index (χ4v) is 3.57. The Bertz CT molecular complexity index is 588. The van der Waals surface area contributed by atoms with E-state index in [1.54, 1.807) is 19.3 Å². The molecule has 2 rings (SSSR count). The summed E-state index contributed by atoms with van der Waals surface area (Å²) in [6, 6.07) is 5.45. The molecule has 1 aliphatic heterocycles. The van der Waals surface area contributed by atoms with Crippen LogP contribution >= 0.6 is 0 Å². The van der Waals surface area contributed by atoms with E-state index in [1.807, 2.05) is 12.1 Å². The van der Waals surface area contributed by atoms with Crippen molar-refractivity contribution in [2.45, 2.75) is 32.7 Å². The van der Waals surface area contributed by atoms with Gasteiger partial charge in [-0.15, -0.1) is 6.58 Å². The smallest absolute Gasteiger partial charge is 0.220 e. The Morgan fingerprint density at radius 3 is 2.92 bits per heavy atom. The third kappa shape index (κ3) is 5.49. The molecule has 0 bridgehead atoms. The lowest BCUT2D eigenvalue weighted by Crippen LogP contribution is -2.41. The number of benzene rings is 1. The molecule has 25 heavy (non-hydrogen) atoms. The van der Waals surface area contributed by atoms with Crippen LogP contribution in [0.2, 0.25) is 0 Å². The van der Waals surface area contributed by atoms with Gasteiger partial charge in [-0.05, 0) is 30.9 Å². The zero-order chi connectivity index (χ0) is 18.2. The maximum absolute atomic E-state index is 12.0. The Morgan fingerprint density at radius 1 is 1.48 bits per heavy atom. The number of carbonyl (C=O) groups is 1. The molecule has 0 aliphatic carbocycles. The fraction of sp³-hybridized carbons (Fsp3) is 0.550. The van der Waals surface area contributed by atoms with Crippen LogP contribution in [0.25, 0.3) is 0 Å². The average Bonchev–Trinajstić information content (AvgIpc) is 2.62. The van der Waals surface area contributed by atoms with Crippen molar-refractivity contribution >= 4 is 5.91 Å². The molecule has 1 fully saturated rings. The summed E-state index contributed by atoms with van der Waals surface area (Å²) in [5, 5.41) is 13.0. The molecule has 2 N–H and O–H groups in total. The number of nitrogens with one attached hydrogen (secondary N) is 1. The first-order valence-corrected chi connectivity index (χ1v) is 9.03. The van der Waals surface area contributed by atoms with E-state index < -0.39 is 0 Å². The number of nitrogens with zero attached hydrogens (tertiary/aromatic N) is 1. The largest absolute Gasteiger partial charge is 0.507 e. The molecule has 1 saturated heterocycles. The van der Waals surface area contributed by atoms with Gasteiger partial charge in [0.15, 0.2) is 0 Å². The number of phenolic OH excluding ortho intramolecular Hbond substituents is 1. The van der Waals surface area contributed by atoms with E-state index in [0.717, 1.165) is 38.0 Å². The van der Waals surface area contributed by atoms with Crippen molar-refractivity contribution in [3.63, 3.8) is 0 Å². The molecule has 2 atom stereocenters. The Balaban J connectivity index is 1.92. The lowest BCUT2D eigenvalue weighted by Gasteiger charge is -2.38. The lowest BCUT2D eigenvalue weighted by atomic mass is 9.81. The highest BCUT2D eigenvalue weighted by molar-refractivity contribution is 5.76. The first kappa shape index (κ1) is 19.3. The quantitative estimate of drug-likeness (QED) is 0.711. The van der Waals surface area contributed by atoms with Crippen molar-refractivity contribution in [3.05, 3.63) is 36.4 Å². The van der Waals surface area contributed by atoms with E-state index in [0.29, 0.717) is 30.6 Å². The summed E-state index contributed by atoms with van der Waals surface area (Å²) < 4.78 is 5.14. The highest BCUT2D eigenvalue weighted by Crippen LogP contribution is 2.31. The Labute approximate surface area is 150 Å². The zero-order valence-corrected chi connectivity index (χ0v) is 15.3. The highest BCUT2D eigenvalue weighted by Gasteiger charge is 2.29. The van der Waals surface area contributed by atoms with Crippen molar-refractivity contribution in [1.29, 1.82) is 0 Å². The molecule has 1 aromatic carbocycles.